The van der Waals surface area contributed by atoms with Crippen LogP contribution in [0.1, 0.15) is 38.7 Å². The molecule has 1 unspecified atom stereocenters. The number of H-pyrrole nitrogens is 1. The molecule has 3 heterocycles. The van der Waals surface area contributed by atoms with Gasteiger partial charge in [0.25, 0.3) is 17.4 Å². The summed E-state index contributed by atoms with van der Waals surface area (Å²) in [5.41, 5.74) is 1.42. The predicted molar refractivity (Wildman–Crippen MR) is 114 cm³/mol. The van der Waals surface area contributed by atoms with Crippen LogP contribution < -0.4 is 26.5 Å². The lowest BCUT2D eigenvalue weighted by atomic mass is 10.0. The van der Waals surface area contributed by atoms with Crippen molar-refractivity contribution in [1.29, 1.82) is 0 Å². The van der Waals surface area contributed by atoms with Gasteiger partial charge in [-0.05, 0) is 42.9 Å². The molecule has 8 heteroatoms. The Bertz CT molecular complexity index is 1170. The number of hydrogen-bond acceptors (Lipinski definition) is 5. The van der Waals surface area contributed by atoms with Gasteiger partial charge in [-0.1, -0.05) is 26.0 Å². The Morgan fingerprint density at radius 3 is 2.73 bits per heavy atom. The van der Waals surface area contributed by atoms with Crippen molar-refractivity contribution in [2.75, 3.05) is 23.3 Å². The van der Waals surface area contributed by atoms with E-state index >= 15 is 0 Å². The first-order valence-corrected chi connectivity index (χ1v) is 10.3. The first-order valence-electron chi connectivity index (χ1n) is 10.3. The molecular formula is C22H25N5O3. The number of rotatable bonds is 4. The number of amides is 2. The Balaban J connectivity index is 1.72. The maximum atomic E-state index is 12.9. The topological polar surface area (TPSA) is 108 Å². The van der Waals surface area contributed by atoms with E-state index in [1.165, 1.54) is 0 Å². The fraction of sp³-hybridized carbons (Fsp3) is 0.409. The molecule has 1 saturated heterocycles. The largest absolute Gasteiger partial charge is 0.342 e. The highest BCUT2D eigenvalue weighted by molar-refractivity contribution is 6.23. The average molecular weight is 407 g/mol. The van der Waals surface area contributed by atoms with E-state index in [0.29, 0.717) is 17.6 Å². The molecule has 1 fully saturated rings. The van der Waals surface area contributed by atoms with Crippen LogP contribution in [-0.2, 0) is 16.0 Å². The van der Waals surface area contributed by atoms with Crippen molar-refractivity contribution in [1.82, 2.24) is 9.97 Å². The van der Waals surface area contributed by atoms with E-state index in [9.17, 15) is 14.4 Å². The van der Waals surface area contributed by atoms with Gasteiger partial charge in [0.05, 0.1) is 11.6 Å². The summed E-state index contributed by atoms with van der Waals surface area (Å²) in [7, 11) is 0. The molecule has 2 N–H and O–H groups in total. The van der Waals surface area contributed by atoms with Gasteiger partial charge in [-0.25, -0.2) is 0 Å². The number of aromatic nitrogens is 2. The van der Waals surface area contributed by atoms with E-state index in [2.05, 4.69) is 34.1 Å². The number of aromatic amines is 1. The van der Waals surface area contributed by atoms with Crippen LogP contribution in [0.25, 0.3) is 5.57 Å². The molecule has 2 aliphatic heterocycles. The number of nitrogens with zero attached hydrogens (tertiary/aromatic N) is 3. The summed E-state index contributed by atoms with van der Waals surface area (Å²) >= 11 is 0. The molecule has 4 rings (SSSR count). The van der Waals surface area contributed by atoms with Gasteiger partial charge >= 0.3 is 0 Å². The molecule has 0 saturated carbocycles. The van der Waals surface area contributed by atoms with Crippen molar-refractivity contribution in [3.63, 3.8) is 0 Å². The summed E-state index contributed by atoms with van der Waals surface area (Å²) in [6, 6.07) is 7.46. The fourth-order valence-electron chi connectivity index (χ4n) is 3.96. The number of aryl methyl sites for hydroxylation is 1. The lowest BCUT2D eigenvalue weighted by Crippen LogP contribution is -2.51. The molecular weight excluding hydrogens is 382 g/mol. The number of fused-ring (bicyclic) bond motifs is 1. The van der Waals surface area contributed by atoms with Gasteiger partial charge in [-0.2, -0.15) is 9.98 Å². The molecule has 1 atom stereocenters. The molecule has 2 aromatic rings. The third-order valence-corrected chi connectivity index (χ3v) is 5.60. The summed E-state index contributed by atoms with van der Waals surface area (Å²) < 4.78 is 0. The van der Waals surface area contributed by atoms with E-state index in [-0.39, 0.29) is 22.7 Å². The molecule has 2 amide bonds. The standard InChI is InChI=1S/C22H25N5O3/c1-3-14-6-8-15(9-7-14)23-20(29)16-11-17(28)24-19-18(16)21(30)26-22(25-19)27-10-4-5-13(2)12-27/h6-9,13H,3-5,10-12H2,1-2H3,(H,23,29)(H,24,25,26,28,30). The van der Waals surface area contributed by atoms with Crippen molar-refractivity contribution in [3.8, 4) is 0 Å². The van der Waals surface area contributed by atoms with Gasteiger partial charge < -0.3 is 10.2 Å². The Hall–Kier alpha value is -3.29. The second-order valence-electron chi connectivity index (χ2n) is 7.95. The third-order valence-electron chi connectivity index (χ3n) is 5.60. The van der Waals surface area contributed by atoms with Crippen molar-refractivity contribution in [2.45, 2.75) is 39.5 Å². The smallest absolute Gasteiger partial charge is 0.262 e. The lowest BCUT2D eigenvalue weighted by Gasteiger charge is -2.31. The van der Waals surface area contributed by atoms with Gasteiger partial charge in [0, 0.05) is 24.4 Å². The Morgan fingerprint density at radius 2 is 2.03 bits per heavy atom. The van der Waals surface area contributed by atoms with E-state index in [0.717, 1.165) is 37.9 Å². The van der Waals surface area contributed by atoms with Crippen LogP contribution in [0.3, 0.4) is 0 Å². The zero-order valence-electron chi connectivity index (χ0n) is 17.2. The van der Waals surface area contributed by atoms with E-state index < -0.39 is 17.4 Å². The van der Waals surface area contributed by atoms with Crippen LogP contribution in [0.5, 0.6) is 0 Å². The van der Waals surface area contributed by atoms with E-state index in [4.69, 9.17) is 0 Å². The first-order chi connectivity index (χ1) is 14.4. The zero-order valence-corrected chi connectivity index (χ0v) is 17.2. The van der Waals surface area contributed by atoms with Gasteiger partial charge in [0.15, 0.2) is 5.49 Å². The van der Waals surface area contributed by atoms with Gasteiger partial charge in [-0.15, -0.1) is 0 Å². The minimum absolute atomic E-state index is 0.0229. The number of carbonyl (C=O) groups excluding carboxylic acids is 2. The number of piperidine rings is 1. The van der Waals surface area contributed by atoms with Crippen LogP contribution in [0.15, 0.2) is 34.1 Å². The fourth-order valence-corrected chi connectivity index (χ4v) is 3.96. The maximum absolute atomic E-state index is 12.9. The van der Waals surface area contributed by atoms with Crippen LogP contribution >= 0.6 is 0 Å². The number of hydrogen-bond donors (Lipinski definition) is 2. The van der Waals surface area contributed by atoms with Crippen molar-refractivity contribution >= 4 is 29.0 Å². The highest BCUT2D eigenvalue weighted by Crippen LogP contribution is 2.18. The Morgan fingerprint density at radius 1 is 1.27 bits per heavy atom. The van der Waals surface area contributed by atoms with Gasteiger partial charge in [0.2, 0.25) is 5.95 Å². The Kier molecular flexibility index (Phi) is 5.48. The predicted octanol–water partition coefficient (Wildman–Crippen LogP) is 0.908. The van der Waals surface area contributed by atoms with Crippen LogP contribution in [-0.4, -0.2) is 34.9 Å². The SMILES string of the molecule is CCc1ccc(NC(=O)C2=c3c(nc(N4CCCC(C)C4)[nH]c3=O)=NC(=O)C2)cc1. The highest BCUT2D eigenvalue weighted by Gasteiger charge is 2.24. The molecule has 1 aromatic heterocycles. The molecule has 156 valence electrons. The van der Waals surface area contributed by atoms with Crippen molar-refractivity contribution in [3.05, 3.63) is 50.9 Å². The monoisotopic (exact) mass is 407 g/mol. The first kappa shape index (κ1) is 20.0. The van der Waals surface area contributed by atoms with Crippen molar-refractivity contribution in [2.24, 2.45) is 10.9 Å². The minimum Gasteiger partial charge on any atom is -0.342 e. The normalized spacial score (nSPS) is 18.6. The molecule has 2 aliphatic rings. The molecule has 8 nitrogen and oxygen atoms in total. The Labute approximate surface area is 173 Å². The number of carbonyl (C=O) groups is 2. The van der Waals surface area contributed by atoms with Gasteiger partial charge in [-0.3, -0.25) is 19.4 Å². The average Bonchev–Trinajstić information content (AvgIpc) is 2.73. The number of nitrogens with one attached hydrogen (secondary N) is 2. The van der Waals surface area contributed by atoms with E-state index in [1.54, 1.807) is 12.1 Å². The second-order valence-corrected chi connectivity index (χ2v) is 7.95. The number of anilines is 2. The molecule has 0 spiro atoms. The van der Waals surface area contributed by atoms with Crippen LogP contribution in [0, 0.1) is 5.92 Å². The lowest BCUT2D eigenvalue weighted by molar-refractivity contribution is -0.118. The second kappa shape index (κ2) is 8.22. The van der Waals surface area contributed by atoms with Gasteiger partial charge in [0.1, 0.15) is 0 Å². The summed E-state index contributed by atoms with van der Waals surface area (Å²) in [5.74, 6) is -0.0789. The number of benzene rings is 1. The molecule has 0 bridgehead atoms. The summed E-state index contributed by atoms with van der Waals surface area (Å²) in [6.45, 7) is 5.76. The summed E-state index contributed by atoms with van der Waals surface area (Å²) in [4.78, 5) is 51.1. The quantitative estimate of drug-likeness (QED) is 0.783. The molecule has 0 radical (unpaired) electrons. The van der Waals surface area contributed by atoms with Crippen molar-refractivity contribution < 1.29 is 9.59 Å². The maximum Gasteiger partial charge on any atom is 0.262 e. The third kappa shape index (κ3) is 4.03. The summed E-state index contributed by atoms with van der Waals surface area (Å²) in [5, 5.41) is 2.85. The highest BCUT2D eigenvalue weighted by atomic mass is 16.2. The van der Waals surface area contributed by atoms with E-state index in [1.807, 2.05) is 17.0 Å². The molecule has 1 aromatic carbocycles. The summed E-state index contributed by atoms with van der Waals surface area (Å²) in [6.07, 6.45) is 2.81. The zero-order chi connectivity index (χ0) is 21.3. The van der Waals surface area contributed by atoms with Crippen LogP contribution in [0.4, 0.5) is 11.6 Å². The molecule has 0 aliphatic carbocycles. The minimum atomic E-state index is -0.490. The molecule has 30 heavy (non-hydrogen) atoms. The van der Waals surface area contributed by atoms with Crippen LogP contribution in [0.2, 0.25) is 0 Å².